The van der Waals surface area contributed by atoms with Gasteiger partial charge in [-0.15, -0.1) is 0 Å². The Morgan fingerprint density at radius 2 is 1.90 bits per heavy atom. The van der Waals surface area contributed by atoms with Crippen LogP contribution in [-0.2, 0) is 0 Å². The van der Waals surface area contributed by atoms with Crippen molar-refractivity contribution in [3.05, 3.63) is 85.0 Å². The molecule has 0 saturated carbocycles. The molecule has 29 heavy (non-hydrogen) atoms. The van der Waals surface area contributed by atoms with Crippen molar-refractivity contribution in [1.29, 1.82) is 0 Å². The Hall–Kier alpha value is -3.65. The highest BCUT2D eigenvalue weighted by Gasteiger charge is 2.16. The summed E-state index contributed by atoms with van der Waals surface area (Å²) in [4.78, 5) is 42.2. The number of rotatable bonds is 3. The van der Waals surface area contributed by atoms with Crippen molar-refractivity contribution >= 4 is 29.5 Å². The molecular weight excluding hydrogens is 396 g/mol. The van der Waals surface area contributed by atoms with Gasteiger partial charge in [-0.25, -0.2) is 19.1 Å². The molecule has 0 unspecified atom stereocenters. The van der Waals surface area contributed by atoms with Gasteiger partial charge in [-0.3, -0.25) is 9.78 Å². The highest BCUT2D eigenvalue weighted by Crippen LogP contribution is 2.23. The first kappa shape index (κ1) is 20.1. The van der Waals surface area contributed by atoms with Crippen LogP contribution in [0.25, 0.3) is 5.69 Å². The van der Waals surface area contributed by atoms with E-state index in [1.54, 1.807) is 24.3 Å². The minimum atomic E-state index is -0.890. The summed E-state index contributed by atoms with van der Waals surface area (Å²) in [5.74, 6) is -0.685. The average molecular weight is 413 g/mol. The van der Waals surface area contributed by atoms with Crippen LogP contribution in [0.1, 0.15) is 16.7 Å². The van der Waals surface area contributed by atoms with E-state index < -0.39 is 23.2 Å². The number of hydrogen-bond donors (Lipinski definition) is 3. The molecule has 3 aromatic rings. The van der Waals surface area contributed by atoms with E-state index in [2.05, 4.69) is 15.3 Å². The number of halogens is 1. The lowest BCUT2D eigenvalue weighted by molar-refractivity contribution is 0.259. The number of carbonyl (C=O) groups is 1. The second-order valence-electron chi connectivity index (χ2n) is 6.22. The van der Waals surface area contributed by atoms with Crippen molar-refractivity contribution in [2.75, 3.05) is 5.32 Å². The van der Waals surface area contributed by atoms with Gasteiger partial charge < -0.3 is 10.4 Å². The molecule has 0 aliphatic carbocycles. The first-order valence-corrected chi connectivity index (χ1v) is 8.92. The van der Waals surface area contributed by atoms with Crippen LogP contribution >= 0.6 is 11.6 Å². The standard InChI is InChI=1S/C20H17ClN4O4/c1-11-6-5-8-15(12(11)2)23-19(28)22-10-13-17(26)24-20(29)25(18(13)27)16-9-4-3-7-14(16)21/h3-10,27H,1-2H3,(H,23,28)(H,24,26,29). The van der Waals surface area contributed by atoms with Gasteiger partial charge in [0.25, 0.3) is 5.56 Å². The summed E-state index contributed by atoms with van der Waals surface area (Å²) in [6.45, 7) is 3.76. The molecule has 3 rings (SSSR count). The number of aromatic amines is 1. The molecular formula is C20H17ClN4O4. The summed E-state index contributed by atoms with van der Waals surface area (Å²) in [6, 6.07) is 11.0. The van der Waals surface area contributed by atoms with Crippen molar-refractivity contribution in [3.63, 3.8) is 0 Å². The summed E-state index contributed by atoms with van der Waals surface area (Å²) in [7, 11) is 0. The maximum absolute atomic E-state index is 12.2. The lowest BCUT2D eigenvalue weighted by Gasteiger charge is -2.11. The quantitative estimate of drug-likeness (QED) is 0.573. The van der Waals surface area contributed by atoms with E-state index in [1.165, 1.54) is 12.1 Å². The maximum atomic E-state index is 12.2. The summed E-state index contributed by atoms with van der Waals surface area (Å²) in [5, 5.41) is 13.3. The van der Waals surface area contributed by atoms with E-state index in [0.29, 0.717) is 5.69 Å². The number of aliphatic imine (C=N–C) groups is 1. The highest BCUT2D eigenvalue weighted by atomic mass is 35.5. The van der Waals surface area contributed by atoms with Crippen LogP contribution in [0.4, 0.5) is 10.5 Å². The van der Waals surface area contributed by atoms with Crippen molar-refractivity contribution in [2.45, 2.75) is 13.8 Å². The molecule has 0 aliphatic heterocycles. The Morgan fingerprint density at radius 3 is 2.62 bits per heavy atom. The molecule has 0 spiro atoms. The smallest absolute Gasteiger partial charge is 0.345 e. The van der Waals surface area contributed by atoms with E-state index in [1.807, 2.05) is 19.9 Å². The molecule has 2 aromatic carbocycles. The zero-order chi connectivity index (χ0) is 21.1. The van der Waals surface area contributed by atoms with Gasteiger partial charge >= 0.3 is 11.7 Å². The van der Waals surface area contributed by atoms with Gasteiger partial charge in [0.05, 0.1) is 16.9 Å². The van der Waals surface area contributed by atoms with Crippen LogP contribution < -0.4 is 16.6 Å². The molecule has 1 aromatic heterocycles. The highest BCUT2D eigenvalue weighted by molar-refractivity contribution is 6.32. The van der Waals surface area contributed by atoms with E-state index in [9.17, 15) is 19.5 Å². The number of para-hydroxylation sites is 1. The molecule has 148 valence electrons. The Balaban J connectivity index is 1.97. The number of nitrogens with one attached hydrogen (secondary N) is 2. The van der Waals surface area contributed by atoms with Crippen LogP contribution in [0.2, 0.25) is 5.02 Å². The van der Waals surface area contributed by atoms with Gasteiger partial charge in [0.15, 0.2) is 0 Å². The minimum Gasteiger partial charge on any atom is -0.493 e. The van der Waals surface area contributed by atoms with Crippen LogP contribution in [0.15, 0.2) is 57.0 Å². The predicted molar refractivity (Wildman–Crippen MR) is 112 cm³/mol. The molecule has 0 radical (unpaired) electrons. The number of nitrogens with zero attached hydrogens (tertiary/aromatic N) is 2. The zero-order valence-electron chi connectivity index (χ0n) is 15.6. The fourth-order valence-electron chi connectivity index (χ4n) is 2.67. The fraction of sp³-hybridized carbons (Fsp3) is 0.100. The largest absolute Gasteiger partial charge is 0.493 e. The van der Waals surface area contributed by atoms with Gasteiger partial charge in [-0.1, -0.05) is 35.9 Å². The second-order valence-corrected chi connectivity index (χ2v) is 6.63. The van der Waals surface area contributed by atoms with Crippen LogP contribution in [-0.4, -0.2) is 26.9 Å². The number of carbonyl (C=O) groups excluding carboxylic acids is 1. The minimum absolute atomic E-state index is 0.169. The van der Waals surface area contributed by atoms with Crippen LogP contribution in [0.3, 0.4) is 0 Å². The molecule has 9 heteroatoms. The maximum Gasteiger partial charge on any atom is 0.345 e. The number of benzene rings is 2. The van der Waals surface area contributed by atoms with Crippen LogP contribution in [0, 0.1) is 13.8 Å². The first-order valence-electron chi connectivity index (χ1n) is 8.54. The second kappa shape index (κ2) is 8.15. The molecule has 0 fully saturated rings. The van der Waals surface area contributed by atoms with Gasteiger partial charge in [0.2, 0.25) is 5.88 Å². The van der Waals surface area contributed by atoms with E-state index in [-0.39, 0.29) is 16.3 Å². The Morgan fingerprint density at radius 1 is 1.17 bits per heavy atom. The van der Waals surface area contributed by atoms with Crippen molar-refractivity contribution in [1.82, 2.24) is 9.55 Å². The van der Waals surface area contributed by atoms with E-state index in [4.69, 9.17) is 11.6 Å². The number of aromatic nitrogens is 2. The molecule has 1 heterocycles. The third-order valence-electron chi connectivity index (χ3n) is 4.37. The Labute approximate surface area is 170 Å². The molecule has 2 amide bonds. The van der Waals surface area contributed by atoms with Gasteiger partial charge in [-0.2, -0.15) is 0 Å². The predicted octanol–water partition coefficient (Wildman–Crippen LogP) is 3.15. The number of amides is 2. The topological polar surface area (TPSA) is 117 Å². The number of aryl methyl sites for hydroxylation is 1. The first-order chi connectivity index (χ1) is 13.8. The van der Waals surface area contributed by atoms with Crippen molar-refractivity contribution < 1.29 is 9.90 Å². The number of urea groups is 1. The van der Waals surface area contributed by atoms with Gasteiger partial charge in [0.1, 0.15) is 5.56 Å². The van der Waals surface area contributed by atoms with Crippen molar-refractivity contribution in [3.8, 4) is 11.6 Å². The Kier molecular flexibility index (Phi) is 5.65. The molecule has 0 saturated heterocycles. The number of anilines is 1. The number of hydrogen-bond acceptors (Lipinski definition) is 4. The average Bonchev–Trinajstić information content (AvgIpc) is 2.66. The van der Waals surface area contributed by atoms with Gasteiger partial charge in [0, 0.05) is 5.69 Å². The Bertz CT molecular complexity index is 1240. The summed E-state index contributed by atoms with van der Waals surface area (Å²) >= 11 is 6.08. The molecule has 0 atom stereocenters. The fourth-order valence-corrected chi connectivity index (χ4v) is 2.89. The third-order valence-corrected chi connectivity index (χ3v) is 4.69. The van der Waals surface area contributed by atoms with Gasteiger partial charge in [-0.05, 0) is 43.2 Å². The van der Waals surface area contributed by atoms with E-state index >= 15 is 0 Å². The molecule has 0 aliphatic rings. The monoisotopic (exact) mass is 412 g/mol. The van der Waals surface area contributed by atoms with Crippen LogP contribution in [0.5, 0.6) is 5.88 Å². The van der Waals surface area contributed by atoms with Crippen molar-refractivity contribution in [2.24, 2.45) is 4.99 Å². The lowest BCUT2D eigenvalue weighted by atomic mass is 10.1. The third kappa shape index (κ3) is 4.12. The normalized spacial score (nSPS) is 11.0. The lowest BCUT2D eigenvalue weighted by Crippen LogP contribution is -2.31. The molecule has 3 N–H and O–H groups in total. The molecule has 0 bridgehead atoms. The summed E-state index contributed by atoms with van der Waals surface area (Å²) in [6.07, 6.45) is 0.890. The number of H-pyrrole nitrogens is 1. The molecule has 8 nitrogen and oxygen atoms in total. The SMILES string of the molecule is Cc1cccc(NC(=O)N=Cc2c(O)n(-c3ccccc3Cl)c(=O)[nH]c2=O)c1C. The number of aromatic hydroxyl groups is 1. The summed E-state index contributed by atoms with van der Waals surface area (Å²) in [5.41, 5.74) is 0.489. The zero-order valence-corrected chi connectivity index (χ0v) is 16.3. The van der Waals surface area contributed by atoms with E-state index in [0.717, 1.165) is 21.9 Å². The summed E-state index contributed by atoms with van der Waals surface area (Å²) < 4.78 is 0.827.